The third kappa shape index (κ3) is 2.04. The van der Waals surface area contributed by atoms with Crippen molar-refractivity contribution in [2.75, 3.05) is 13.1 Å². The second kappa shape index (κ2) is 4.92. The van der Waals surface area contributed by atoms with Gasteiger partial charge in [0.25, 0.3) is 0 Å². The van der Waals surface area contributed by atoms with Gasteiger partial charge in [0, 0.05) is 6.54 Å². The van der Waals surface area contributed by atoms with E-state index in [1.807, 2.05) is 0 Å². The molecule has 3 heterocycles. The van der Waals surface area contributed by atoms with Crippen LogP contribution in [0.15, 0.2) is 0 Å². The number of aromatic nitrogens is 3. The summed E-state index contributed by atoms with van der Waals surface area (Å²) in [6, 6.07) is 0.318. The van der Waals surface area contributed by atoms with E-state index in [0.29, 0.717) is 18.3 Å². The average molecular weight is 264 g/mol. The number of hydrogen-bond acceptors (Lipinski definition) is 4. The Morgan fingerprint density at radius 2 is 2.00 bits per heavy atom. The molecule has 1 fully saturated rings. The molecule has 1 saturated heterocycles. The minimum atomic E-state index is -0.779. The largest absolute Gasteiger partial charge is 0.481 e. The van der Waals surface area contributed by atoms with E-state index >= 15 is 0 Å². The number of likely N-dealkylation sites (tertiary alicyclic amines) is 1. The van der Waals surface area contributed by atoms with E-state index in [2.05, 4.69) is 26.6 Å². The van der Waals surface area contributed by atoms with E-state index in [0.717, 1.165) is 38.3 Å². The topological polar surface area (TPSA) is 71.2 Å². The van der Waals surface area contributed by atoms with E-state index in [-0.39, 0.29) is 0 Å². The second-order valence-electron chi connectivity index (χ2n) is 5.39. The SMILES string of the molecule is CCN1CCCC1c1nnc2n1CCCC2C(=O)O. The van der Waals surface area contributed by atoms with Crippen LogP contribution in [-0.4, -0.2) is 43.8 Å². The lowest BCUT2D eigenvalue weighted by atomic mass is 9.99. The van der Waals surface area contributed by atoms with Gasteiger partial charge in [0.2, 0.25) is 0 Å². The number of nitrogens with zero attached hydrogens (tertiary/aromatic N) is 4. The smallest absolute Gasteiger partial charge is 0.314 e. The third-order valence-corrected chi connectivity index (χ3v) is 4.36. The van der Waals surface area contributed by atoms with Crippen LogP contribution in [0, 0.1) is 0 Å². The molecule has 0 aliphatic carbocycles. The maximum atomic E-state index is 11.3. The van der Waals surface area contributed by atoms with Gasteiger partial charge in [-0.3, -0.25) is 9.69 Å². The summed E-state index contributed by atoms with van der Waals surface area (Å²) in [5.41, 5.74) is 0. The highest BCUT2D eigenvalue weighted by Gasteiger charge is 2.35. The van der Waals surface area contributed by atoms with Crippen LogP contribution in [0.1, 0.15) is 56.2 Å². The molecule has 0 spiro atoms. The van der Waals surface area contributed by atoms with Gasteiger partial charge in [-0.1, -0.05) is 6.92 Å². The van der Waals surface area contributed by atoms with E-state index in [1.54, 1.807) is 0 Å². The number of carboxylic acids is 1. The van der Waals surface area contributed by atoms with Crippen LogP contribution in [0.2, 0.25) is 0 Å². The number of hydrogen-bond donors (Lipinski definition) is 1. The van der Waals surface area contributed by atoms with Crippen LogP contribution in [0.5, 0.6) is 0 Å². The van der Waals surface area contributed by atoms with Gasteiger partial charge in [0.15, 0.2) is 0 Å². The molecule has 0 saturated carbocycles. The number of aliphatic carboxylic acids is 1. The Hall–Kier alpha value is -1.43. The van der Waals surface area contributed by atoms with Crippen molar-refractivity contribution in [3.8, 4) is 0 Å². The Kier molecular flexibility index (Phi) is 3.26. The Morgan fingerprint density at radius 3 is 2.74 bits per heavy atom. The van der Waals surface area contributed by atoms with Gasteiger partial charge in [-0.05, 0) is 38.8 Å². The third-order valence-electron chi connectivity index (χ3n) is 4.36. The monoisotopic (exact) mass is 264 g/mol. The lowest BCUT2D eigenvalue weighted by Gasteiger charge is -2.25. The van der Waals surface area contributed by atoms with Crippen molar-refractivity contribution in [3.05, 3.63) is 11.6 Å². The van der Waals surface area contributed by atoms with Crippen molar-refractivity contribution in [2.24, 2.45) is 0 Å². The fraction of sp³-hybridized carbons (Fsp3) is 0.769. The zero-order valence-corrected chi connectivity index (χ0v) is 11.2. The average Bonchev–Trinajstić information content (AvgIpc) is 3.03. The highest BCUT2D eigenvalue weighted by atomic mass is 16.4. The van der Waals surface area contributed by atoms with E-state index in [9.17, 15) is 9.90 Å². The predicted octanol–water partition coefficient (Wildman–Crippen LogP) is 1.40. The number of carbonyl (C=O) groups is 1. The lowest BCUT2D eigenvalue weighted by molar-refractivity contribution is -0.139. The van der Waals surface area contributed by atoms with Crippen molar-refractivity contribution in [1.29, 1.82) is 0 Å². The first kappa shape index (κ1) is 12.6. The summed E-state index contributed by atoms with van der Waals surface area (Å²) in [6.07, 6.45) is 3.86. The van der Waals surface area contributed by atoms with Gasteiger partial charge in [0.05, 0.1) is 6.04 Å². The molecule has 0 bridgehead atoms. The highest BCUT2D eigenvalue weighted by Crippen LogP contribution is 2.34. The molecular weight excluding hydrogens is 244 g/mol. The summed E-state index contributed by atoms with van der Waals surface area (Å²) in [7, 11) is 0. The molecule has 6 heteroatoms. The first-order chi connectivity index (χ1) is 9.22. The van der Waals surface area contributed by atoms with Gasteiger partial charge >= 0.3 is 5.97 Å². The van der Waals surface area contributed by atoms with Gasteiger partial charge in [0.1, 0.15) is 17.6 Å². The van der Waals surface area contributed by atoms with Crippen LogP contribution in [0.4, 0.5) is 0 Å². The highest BCUT2D eigenvalue weighted by molar-refractivity contribution is 5.75. The van der Waals surface area contributed by atoms with E-state index < -0.39 is 11.9 Å². The molecular formula is C13H20N4O2. The summed E-state index contributed by atoms with van der Waals surface area (Å²) in [6.45, 7) is 5.13. The molecule has 0 aromatic carbocycles. The van der Waals surface area contributed by atoms with Crippen molar-refractivity contribution in [3.63, 3.8) is 0 Å². The quantitative estimate of drug-likeness (QED) is 0.893. The fourth-order valence-corrected chi connectivity index (χ4v) is 3.37. The van der Waals surface area contributed by atoms with Crippen molar-refractivity contribution in [2.45, 2.75) is 51.1 Å². The van der Waals surface area contributed by atoms with Crippen LogP contribution in [0.3, 0.4) is 0 Å². The van der Waals surface area contributed by atoms with Gasteiger partial charge in [-0.2, -0.15) is 0 Å². The van der Waals surface area contributed by atoms with Gasteiger partial charge < -0.3 is 9.67 Å². The molecule has 3 rings (SSSR count). The zero-order valence-electron chi connectivity index (χ0n) is 11.2. The van der Waals surface area contributed by atoms with Crippen molar-refractivity contribution < 1.29 is 9.90 Å². The van der Waals surface area contributed by atoms with Crippen LogP contribution in [0.25, 0.3) is 0 Å². The minimum Gasteiger partial charge on any atom is -0.481 e. The molecule has 19 heavy (non-hydrogen) atoms. The van der Waals surface area contributed by atoms with Gasteiger partial charge in [-0.25, -0.2) is 0 Å². The molecule has 0 amide bonds. The molecule has 104 valence electrons. The Balaban J connectivity index is 1.94. The summed E-state index contributed by atoms with van der Waals surface area (Å²) < 4.78 is 2.06. The maximum absolute atomic E-state index is 11.3. The Labute approximate surface area is 112 Å². The Morgan fingerprint density at radius 1 is 1.26 bits per heavy atom. The normalized spacial score (nSPS) is 27.4. The molecule has 1 aromatic rings. The number of fused-ring (bicyclic) bond motifs is 1. The molecule has 2 atom stereocenters. The molecule has 0 radical (unpaired) electrons. The Bertz CT molecular complexity index is 485. The number of carboxylic acid groups (broad SMARTS) is 1. The lowest BCUT2D eigenvalue weighted by Crippen LogP contribution is -2.28. The summed E-state index contributed by atoms with van der Waals surface area (Å²) in [4.78, 5) is 13.7. The molecule has 2 unspecified atom stereocenters. The molecule has 2 aliphatic heterocycles. The molecule has 6 nitrogen and oxygen atoms in total. The van der Waals surface area contributed by atoms with Gasteiger partial charge in [-0.15, -0.1) is 10.2 Å². The fourth-order valence-electron chi connectivity index (χ4n) is 3.37. The second-order valence-corrected chi connectivity index (χ2v) is 5.39. The first-order valence-corrected chi connectivity index (χ1v) is 7.12. The molecule has 1 N–H and O–H groups in total. The molecule has 1 aromatic heterocycles. The van der Waals surface area contributed by atoms with Crippen molar-refractivity contribution >= 4 is 5.97 Å². The number of rotatable bonds is 3. The maximum Gasteiger partial charge on any atom is 0.314 e. The van der Waals surface area contributed by atoms with Crippen LogP contribution >= 0.6 is 0 Å². The standard InChI is InChI=1S/C13H20N4O2/c1-2-16-7-4-6-10(16)12-15-14-11-9(13(18)19)5-3-8-17(11)12/h9-10H,2-8H2,1H3,(H,18,19). The molecule has 2 aliphatic rings. The van der Waals surface area contributed by atoms with Crippen molar-refractivity contribution in [1.82, 2.24) is 19.7 Å². The summed E-state index contributed by atoms with van der Waals surface area (Å²) in [5.74, 6) is 0.363. The van der Waals surface area contributed by atoms with E-state index in [4.69, 9.17) is 0 Å². The van der Waals surface area contributed by atoms with Crippen LogP contribution < -0.4 is 0 Å². The summed E-state index contributed by atoms with van der Waals surface area (Å²) in [5, 5.41) is 17.8. The van der Waals surface area contributed by atoms with E-state index in [1.165, 1.54) is 6.42 Å². The van der Waals surface area contributed by atoms with Crippen LogP contribution in [-0.2, 0) is 11.3 Å². The zero-order chi connectivity index (χ0) is 13.4. The predicted molar refractivity (Wildman–Crippen MR) is 68.9 cm³/mol. The summed E-state index contributed by atoms with van der Waals surface area (Å²) >= 11 is 0. The first-order valence-electron chi connectivity index (χ1n) is 7.12. The minimum absolute atomic E-state index is 0.318.